The van der Waals surface area contributed by atoms with E-state index in [0.717, 1.165) is 23.4 Å². The number of anilines is 1. The first-order valence-corrected chi connectivity index (χ1v) is 6.26. The molecule has 0 spiro atoms. The maximum atomic E-state index is 10.7. The van der Waals surface area contributed by atoms with Crippen LogP contribution in [-0.2, 0) is 6.42 Å². The molecule has 0 fully saturated rings. The average Bonchev–Trinajstić information content (AvgIpc) is 2.48. The molecule has 0 aliphatic carbocycles. The molecule has 2 N–H and O–H groups in total. The fourth-order valence-electron chi connectivity index (χ4n) is 1.88. The first kappa shape index (κ1) is 13.9. The molecule has 0 saturated heterocycles. The molecule has 0 unspecified atom stereocenters. The number of carboxylic acid groups (broad SMARTS) is 1. The minimum absolute atomic E-state index is 0.0419. The van der Waals surface area contributed by atoms with Gasteiger partial charge >= 0.3 is 5.97 Å². The van der Waals surface area contributed by atoms with Gasteiger partial charge in [-0.15, -0.1) is 0 Å². The molecule has 1 heterocycles. The molecular weight excluding hydrogens is 256 g/mol. The number of carboxylic acids is 1. The molecule has 104 valence electrons. The van der Waals surface area contributed by atoms with Crippen LogP contribution in [0.2, 0.25) is 0 Å². The predicted octanol–water partition coefficient (Wildman–Crippen LogP) is 2.44. The van der Waals surface area contributed by atoms with Gasteiger partial charge in [-0.25, -0.2) is 9.78 Å². The van der Waals surface area contributed by atoms with Gasteiger partial charge in [0.25, 0.3) is 0 Å². The molecule has 0 aliphatic rings. The van der Waals surface area contributed by atoms with E-state index in [4.69, 9.17) is 9.84 Å². The molecule has 0 radical (unpaired) electrons. The van der Waals surface area contributed by atoms with Crippen molar-refractivity contribution in [2.45, 2.75) is 6.42 Å². The molecule has 5 heteroatoms. The number of rotatable bonds is 6. The molecule has 0 saturated carbocycles. The van der Waals surface area contributed by atoms with Crippen molar-refractivity contribution in [3.05, 3.63) is 53.9 Å². The minimum atomic E-state index is -1.02. The second kappa shape index (κ2) is 6.56. The van der Waals surface area contributed by atoms with Crippen LogP contribution in [0, 0.1) is 0 Å². The van der Waals surface area contributed by atoms with E-state index in [9.17, 15) is 4.79 Å². The Morgan fingerprint density at radius 3 is 2.75 bits per heavy atom. The number of ether oxygens (including phenoxy) is 1. The molecule has 1 aromatic heterocycles. The lowest BCUT2D eigenvalue weighted by molar-refractivity contribution is 0.0690. The summed E-state index contributed by atoms with van der Waals surface area (Å²) in [5, 5.41) is 12.0. The summed E-state index contributed by atoms with van der Waals surface area (Å²) in [7, 11) is 1.65. The Kier molecular flexibility index (Phi) is 4.55. The van der Waals surface area contributed by atoms with Crippen LogP contribution in [0.25, 0.3) is 0 Å². The van der Waals surface area contributed by atoms with Crippen LogP contribution < -0.4 is 10.1 Å². The van der Waals surface area contributed by atoms with Gasteiger partial charge in [-0.05, 0) is 30.2 Å². The van der Waals surface area contributed by atoms with E-state index in [1.807, 2.05) is 24.3 Å². The van der Waals surface area contributed by atoms with Crippen molar-refractivity contribution < 1.29 is 14.6 Å². The van der Waals surface area contributed by atoms with Gasteiger partial charge in [-0.3, -0.25) is 0 Å². The van der Waals surface area contributed by atoms with E-state index in [-0.39, 0.29) is 5.69 Å². The molecule has 2 rings (SSSR count). The first-order valence-electron chi connectivity index (χ1n) is 6.26. The number of carbonyl (C=O) groups is 1. The highest BCUT2D eigenvalue weighted by Gasteiger charge is 2.04. The summed E-state index contributed by atoms with van der Waals surface area (Å²) in [6.07, 6.45) is 2.33. The summed E-state index contributed by atoms with van der Waals surface area (Å²) in [6.45, 7) is 0.717. The van der Waals surface area contributed by atoms with Gasteiger partial charge in [0.15, 0.2) is 0 Å². The van der Waals surface area contributed by atoms with Crippen LogP contribution in [0.3, 0.4) is 0 Å². The third-order valence-corrected chi connectivity index (χ3v) is 2.90. The predicted molar refractivity (Wildman–Crippen MR) is 76.4 cm³/mol. The second-order valence-corrected chi connectivity index (χ2v) is 4.23. The highest BCUT2D eigenvalue weighted by molar-refractivity contribution is 5.85. The lowest BCUT2D eigenvalue weighted by Crippen LogP contribution is -2.07. The minimum Gasteiger partial charge on any atom is -0.496 e. The van der Waals surface area contributed by atoms with Gasteiger partial charge in [0.05, 0.1) is 19.0 Å². The zero-order valence-corrected chi connectivity index (χ0v) is 11.2. The Balaban J connectivity index is 1.91. The van der Waals surface area contributed by atoms with E-state index < -0.39 is 5.97 Å². The zero-order valence-electron chi connectivity index (χ0n) is 11.2. The molecular formula is C15H16N2O3. The smallest absolute Gasteiger partial charge is 0.354 e. The number of methoxy groups -OCH3 is 1. The van der Waals surface area contributed by atoms with E-state index in [1.165, 1.54) is 12.3 Å². The summed E-state index contributed by atoms with van der Waals surface area (Å²) in [5.74, 6) is -0.153. The quantitative estimate of drug-likeness (QED) is 0.845. The highest BCUT2D eigenvalue weighted by atomic mass is 16.5. The fourth-order valence-corrected chi connectivity index (χ4v) is 1.88. The van der Waals surface area contributed by atoms with E-state index in [1.54, 1.807) is 13.2 Å². The summed E-state index contributed by atoms with van der Waals surface area (Å²) in [4.78, 5) is 14.5. The molecule has 20 heavy (non-hydrogen) atoms. The molecule has 2 aromatic rings. The largest absolute Gasteiger partial charge is 0.496 e. The SMILES string of the molecule is COc1ccccc1CCNc1ccc(C(=O)O)nc1. The van der Waals surface area contributed by atoms with Crippen molar-refractivity contribution >= 4 is 11.7 Å². The molecule has 0 bridgehead atoms. The van der Waals surface area contributed by atoms with Gasteiger partial charge in [0.1, 0.15) is 11.4 Å². The lowest BCUT2D eigenvalue weighted by atomic mass is 10.1. The molecule has 0 amide bonds. The number of hydrogen-bond donors (Lipinski definition) is 2. The number of hydrogen-bond acceptors (Lipinski definition) is 4. The third kappa shape index (κ3) is 3.47. The molecule has 0 aliphatic heterocycles. The lowest BCUT2D eigenvalue weighted by Gasteiger charge is -2.09. The van der Waals surface area contributed by atoms with Gasteiger partial charge in [-0.2, -0.15) is 0 Å². The van der Waals surface area contributed by atoms with Crippen LogP contribution >= 0.6 is 0 Å². The molecule has 5 nitrogen and oxygen atoms in total. The Morgan fingerprint density at radius 2 is 2.10 bits per heavy atom. The summed E-state index contributed by atoms with van der Waals surface area (Å²) in [5.41, 5.74) is 1.96. The summed E-state index contributed by atoms with van der Waals surface area (Å²) >= 11 is 0. The van der Waals surface area contributed by atoms with Crippen LogP contribution in [0.1, 0.15) is 16.1 Å². The Hall–Kier alpha value is -2.56. The molecule has 0 atom stereocenters. The van der Waals surface area contributed by atoms with Crippen LogP contribution in [0.5, 0.6) is 5.75 Å². The maximum absolute atomic E-state index is 10.7. The monoisotopic (exact) mass is 272 g/mol. The van der Waals surface area contributed by atoms with Gasteiger partial charge in [-0.1, -0.05) is 18.2 Å². The van der Waals surface area contributed by atoms with Crippen LogP contribution in [0.15, 0.2) is 42.6 Å². The van der Waals surface area contributed by atoms with Crippen molar-refractivity contribution in [3.63, 3.8) is 0 Å². The van der Waals surface area contributed by atoms with Gasteiger partial charge in [0.2, 0.25) is 0 Å². The van der Waals surface area contributed by atoms with Gasteiger partial charge < -0.3 is 15.2 Å². The number of aromatic nitrogens is 1. The average molecular weight is 272 g/mol. The number of nitrogens with zero attached hydrogens (tertiary/aromatic N) is 1. The Morgan fingerprint density at radius 1 is 1.30 bits per heavy atom. The molecule has 1 aromatic carbocycles. The number of para-hydroxylation sites is 1. The Bertz CT molecular complexity index is 582. The number of pyridine rings is 1. The van der Waals surface area contributed by atoms with Crippen LogP contribution in [-0.4, -0.2) is 29.7 Å². The normalized spacial score (nSPS) is 10.1. The fraction of sp³-hybridized carbons (Fsp3) is 0.200. The zero-order chi connectivity index (χ0) is 14.4. The van der Waals surface area contributed by atoms with E-state index in [0.29, 0.717) is 6.54 Å². The second-order valence-electron chi connectivity index (χ2n) is 4.23. The van der Waals surface area contributed by atoms with Crippen molar-refractivity contribution in [1.29, 1.82) is 0 Å². The standard InChI is InChI=1S/C15H16N2O3/c1-20-14-5-3-2-4-11(14)8-9-16-12-6-7-13(15(18)19)17-10-12/h2-7,10,16H,8-9H2,1H3,(H,18,19). The van der Waals surface area contributed by atoms with Crippen molar-refractivity contribution in [3.8, 4) is 5.75 Å². The maximum Gasteiger partial charge on any atom is 0.354 e. The van der Waals surface area contributed by atoms with E-state index in [2.05, 4.69) is 10.3 Å². The summed E-state index contributed by atoms with van der Waals surface area (Å²) in [6, 6.07) is 11.0. The topological polar surface area (TPSA) is 71.5 Å². The van der Waals surface area contributed by atoms with Crippen molar-refractivity contribution in [2.75, 3.05) is 19.0 Å². The number of benzene rings is 1. The van der Waals surface area contributed by atoms with E-state index >= 15 is 0 Å². The van der Waals surface area contributed by atoms with Crippen LogP contribution in [0.4, 0.5) is 5.69 Å². The van der Waals surface area contributed by atoms with Crippen molar-refractivity contribution in [1.82, 2.24) is 4.98 Å². The Labute approximate surface area is 117 Å². The number of nitrogens with one attached hydrogen (secondary N) is 1. The number of aromatic carboxylic acids is 1. The highest BCUT2D eigenvalue weighted by Crippen LogP contribution is 2.17. The third-order valence-electron chi connectivity index (χ3n) is 2.90. The summed E-state index contributed by atoms with van der Waals surface area (Å²) < 4.78 is 5.28. The first-order chi connectivity index (χ1) is 9.70. The van der Waals surface area contributed by atoms with Crippen molar-refractivity contribution in [2.24, 2.45) is 0 Å². The van der Waals surface area contributed by atoms with Gasteiger partial charge in [0, 0.05) is 6.54 Å².